The summed E-state index contributed by atoms with van der Waals surface area (Å²) < 4.78 is 10.8. The Kier molecular flexibility index (Phi) is 7.67. The van der Waals surface area contributed by atoms with E-state index >= 15 is 0 Å². The highest BCUT2D eigenvalue weighted by atomic mass is 32.2. The summed E-state index contributed by atoms with van der Waals surface area (Å²) in [6.07, 6.45) is 0. The van der Waals surface area contributed by atoms with E-state index < -0.39 is 0 Å². The molecule has 0 spiro atoms. The van der Waals surface area contributed by atoms with E-state index in [-0.39, 0.29) is 17.2 Å². The third-order valence-corrected chi connectivity index (χ3v) is 4.92. The molecule has 2 aromatic rings. The highest BCUT2D eigenvalue weighted by Gasteiger charge is 2.16. The fourth-order valence-electron chi connectivity index (χ4n) is 2.29. The van der Waals surface area contributed by atoms with E-state index in [1.165, 1.54) is 0 Å². The van der Waals surface area contributed by atoms with Crippen LogP contribution in [-0.2, 0) is 4.79 Å². The number of nitrogens with one attached hydrogen (secondary N) is 1. The molecule has 4 nitrogen and oxygen atoms in total. The maximum absolute atomic E-state index is 12.3. The second-order valence-electron chi connectivity index (χ2n) is 5.68. The van der Waals surface area contributed by atoms with Crippen molar-refractivity contribution in [2.24, 2.45) is 0 Å². The standard InChI is InChI=1S/C20H25NO3S/c1-15(17-7-5-4-6-8-17)21-20(22)16(2)25-14-13-24-19-11-9-18(23-3)10-12-19/h4-12,15-16H,13-14H2,1-3H3,(H,21,22). The number of ether oxygens (including phenoxy) is 2. The van der Waals surface area contributed by atoms with Crippen LogP contribution >= 0.6 is 11.8 Å². The van der Waals surface area contributed by atoms with Crippen molar-refractivity contribution in [3.05, 3.63) is 60.2 Å². The van der Waals surface area contributed by atoms with E-state index in [2.05, 4.69) is 5.32 Å². The number of rotatable bonds is 9. The first-order chi connectivity index (χ1) is 12.1. The predicted octanol–water partition coefficient (Wildman–Crippen LogP) is 4.07. The molecule has 0 aliphatic carbocycles. The fraction of sp³-hybridized carbons (Fsp3) is 0.350. The lowest BCUT2D eigenvalue weighted by Crippen LogP contribution is -2.33. The van der Waals surface area contributed by atoms with Crippen molar-refractivity contribution in [1.29, 1.82) is 0 Å². The quantitative estimate of drug-likeness (QED) is 0.686. The van der Waals surface area contributed by atoms with E-state index in [1.807, 2.05) is 68.4 Å². The summed E-state index contributed by atoms with van der Waals surface area (Å²) in [7, 11) is 1.64. The van der Waals surface area contributed by atoms with Gasteiger partial charge in [-0.25, -0.2) is 0 Å². The Hall–Kier alpha value is -2.14. The molecule has 25 heavy (non-hydrogen) atoms. The van der Waals surface area contributed by atoms with Crippen molar-refractivity contribution in [2.45, 2.75) is 25.1 Å². The van der Waals surface area contributed by atoms with Gasteiger partial charge < -0.3 is 14.8 Å². The van der Waals surface area contributed by atoms with Crippen LogP contribution in [0.1, 0.15) is 25.5 Å². The number of thioether (sulfide) groups is 1. The Morgan fingerprint density at radius 3 is 2.32 bits per heavy atom. The van der Waals surface area contributed by atoms with E-state index in [0.29, 0.717) is 6.61 Å². The Bertz CT molecular complexity index is 646. The maximum atomic E-state index is 12.3. The molecule has 2 unspecified atom stereocenters. The van der Waals surface area contributed by atoms with Crippen LogP contribution in [0.4, 0.5) is 0 Å². The molecule has 2 rings (SSSR count). The smallest absolute Gasteiger partial charge is 0.233 e. The molecule has 0 aromatic heterocycles. The van der Waals surface area contributed by atoms with Crippen LogP contribution in [0.2, 0.25) is 0 Å². The topological polar surface area (TPSA) is 47.6 Å². The summed E-state index contributed by atoms with van der Waals surface area (Å²) in [5, 5.41) is 2.93. The number of hydrogen-bond acceptors (Lipinski definition) is 4. The Labute approximate surface area is 153 Å². The molecule has 0 radical (unpaired) electrons. The number of hydrogen-bond donors (Lipinski definition) is 1. The lowest BCUT2D eigenvalue weighted by atomic mass is 10.1. The van der Waals surface area contributed by atoms with Gasteiger partial charge in [0.25, 0.3) is 0 Å². The van der Waals surface area contributed by atoms with E-state index in [0.717, 1.165) is 22.8 Å². The molecule has 1 amide bonds. The van der Waals surface area contributed by atoms with Crippen molar-refractivity contribution in [2.75, 3.05) is 19.5 Å². The molecule has 5 heteroatoms. The highest BCUT2D eigenvalue weighted by molar-refractivity contribution is 8.00. The van der Waals surface area contributed by atoms with Gasteiger partial charge >= 0.3 is 0 Å². The van der Waals surface area contributed by atoms with Gasteiger partial charge in [-0.3, -0.25) is 4.79 Å². The van der Waals surface area contributed by atoms with Gasteiger partial charge in [0.1, 0.15) is 11.5 Å². The minimum Gasteiger partial charge on any atom is -0.497 e. The Morgan fingerprint density at radius 1 is 1.04 bits per heavy atom. The van der Waals surface area contributed by atoms with Gasteiger partial charge in [0.05, 0.1) is 25.0 Å². The lowest BCUT2D eigenvalue weighted by molar-refractivity contribution is -0.120. The number of carbonyl (C=O) groups excluding carboxylic acids is 1. The van der Waals surface area contributed by atoms with Crippen molar-refractivity contribution >= 4 is 17.7 Å². The van der Waals surface area contributed by atoms with Gasteiger partial charge in [0, 0.05) is 5.75 Å². The van der Waals surface area contributed by atoms with E-state index in [4.69, 9.17) is 9.47 Å². The minimum absolute atomic E-state index is 0.00676. The molecule has 0 aliphatic rings. The fourth-order valence-corrected chi connectivity index (χ4v) is 3.04. The average Bonchev–Trinajstić information content (AvgIpc) is 2.66. The second-order valence-corrected chi connectivity index (χ2v) is 7.13. The molecule has 0 fully saturated rings. The summed E-state index contributed by atoms with van der Waals surface area (Å²) in [6, 6.07) is 17.5. The molecule has 0 saturated carbocycles. The van der Waals surface area contributed by atoms with Crippen LogP contribution < -0.4 is 14.8 Å². The van der Waals surface area contributed by atoms with Crippen molar-refractivity contribution in [3.8, 4) is 11.5 Å². The SMILES string of the molecule is COc1ccc(OCCSC(C)C(=O)NC(C)c2ccccc2)cc1. The van der Waals surface area contributed by atoms with Gasteiger partial charge in [-0.05, 0) is 43.7 Å². The Balaban J connectivity index is 1.68. The lowest BCUT2D eigenvalue weighted by Gasteiger charge is -2.18. The minimum atomic E-state index is -0.120. The molecule has 0 bridgehead atoms. The van der Waals surface area contributed by atoms with E-state index in [1.54, 1.807) is 18.9 Å². The van der Waals surface area contributed by atoms with Crippen molar-refractivity contribution in [1.82, 2.24) is 5.32 Å². The van der Waals surface area contributed by atoms with Gasteiger partial charge in [-0.15, -0.1) is 11.8 Å². The summed E-state index contributed by atoms with van der Waals surface area (Å²) >= 11 is 1.59. The predicted molar refractivity (Wildman–Crippen MR) is 103 cm³/mol. The summed E-state index contributed by atoms with van der Waals surface area (Å²) in [6.45, 7) is 4.48. The molecule has 0 heterocycles. The molecule has 134 valence electrons. The largest absolute Gasteiger partial charge is 0.497 e. The molecular weight excluding hydrogens is 334 g/mol. The summed E-state index contributed by atoms with van der Waals surface area (Å²) in [4.78, 5) is 12.3. The van der Waals surface area contributed by atoms with Crippen LogP contribution in [0, 0.1) is 0 Å². The van der Waals surface area contributed by atoms with Crippen LogP contribution in [0.3, 0.4) is 0 Å². The normalized spacial score (nSPS) is 12.9. The zero-order valence-corrected chi connectivity index (χ0v) is 15.7. The summed E-state index contributed by atoms with van der Waals surface area (Å²) in [5.74, 6) is 2.40. The Morgan fingerprint density at radius 2 is 1.68 bits per heavy atom. The van der Waals surface area contributed by atoms with Gasteiger partial charge in [0.15, 0.2) is 0 Å². The number of methoxy groups -OCH3 is 1. The van der Waals surface area contributed by atoms with E-state index in [9.17, 15) is 4.79 Å². The molecule has 0 saturated heterocycles. The van der Waals surface area contributed by atoms with Crippen LogP contribution in [0.5, 0.6) is 11.5 Å². The average molecular weight is 359 g/mol. The molecule has 2 aromatic carbocycles. The van der Waals surface area contributed by atoms with Crippen molar-refractivity contribution in [3.63, 3.8) is 0 Å². The first-order valence-electron chi connectivity index (χ1n) is 8.34. The third kappa shape index (κ3) is 6.35. The van der Waals surface area contributed by atoms with Gasteiger partial charge in [-0.1, -0.05) is 30.3 Å². The second kappa shape index (κ2) is 9.99. The van der Waals surface area contributed by atoms with Gasteiger partial charge in [0.2, 0.25) is 5.91 Å². The summed E-state index contributed by atoms with van der Waals surface area (Å²) in [5.41, 5.74) is 1.11. The van der Waals surface area contributed by atoms with Crippen LogP contribution in [-0.4, -0.2) is 30.6 Å². The third-order valence-electron chi connectivity index (χ3n) is 3.81. The van der Waals surface area contributed by atoms with Crippen LogP contribution in [0.25, 0.3) is 0 Å². The highest BCUT2D eigenvalue weighted by Crippen LogP contribution is 2.18. The zero-order chi connectivity index (χ0) is 18.1. The molecule has 0 aliphatic heterocycles. The van der Waals surface area contributed by atoms with Gasteiger partial charge in [-0.2, -0.15) is 0 Å². The molecule has 1 N–H and O–H groups in total. The molecular formula is C20H25NO3S. The van der Waals surface area contributed by atoms with Crippen molar-refractivity contribution < 1.29 is 14.3 Å². The molecule has 2 atom stereocenters. The van der Waals surface area contributed by atoms with Crippen LogP contribution in [0.15, 0.2) is 54.6 Å². The monoisotopic (exact) mass is 359 g/mol. The first kappa shape index (κ1) is 19.2. The maximum Gasteiger partial charge on any atom is 0.233 e. The zero-order valence-electron chi connectivity index (χ0n) is 14.9. The first-order valence-corrected chi connectivity index (χ1v) is 9.39. The number of carbonyl (C=O) groups is 1. The number of amides is 1. The number of benzene rings is 2.